The molecule has 0 aliphatic rings. The Balaban J connectivity index is 1.88. The number of amides is 1. The van der Waals surface area contributed by atoms with E-state index in [0.717, 1.165) is 11.1 Å². The number of ether oxygens (including phenoxy) is 1. The van der Waals surface area contributed by atoms with Crippen molar-refractivity contribution in [2.45, 2.75) is 20.1 Å². The van der Waals surface area contributed by atoms with Gasteiger partial charge in [0.2, 0.25) is 0 Å². The van der Waals surface area contributed by atoms with Gasteiger partial charge in [0, 0.05) is 18.7 Å². The minimum Gasteiger partial charge on any atom is -0.445 e. The predicted molar refractivity (Wildman–Crippen MR) is 81.3 cm³/mol. The van der Waals surface area contributed by atoms with Crippen LogP contribution in [0.2, 0.25) is 0 Å². The summed E-state index contributed by atoms with van der Waals surface area (Å²) >= 11 is 0. The van der Waals surface area contributed by atoms with Crippen molar-refractivity contribution >= 4 is 11.8 Å². The molecule has 0 spiro atoms. The van der Waals surface area contributed by atoms with E-state index in [9.17, 15) is 14.9 Å². The van der Waals surface area contributed by atoms with E-state index in [1.165, 1.54) is 12.1 Å². The van der Waals surface area contributed by atoms with E-state index in [0.29, 0.717) is 5.56 Å². The minimum atomic E-state index is -0.560. The third kappa shape index (κ3) is 4.31. The van der Waals surface area contributed by atoms with Crippen LogP contribution in [0.1, 0.15) is 16.7 Å². The predicted octanol–water partition coefficient (Wildman–Crippen LogP) is 3.33. The molecule has 0 unspecified atom stereocenters. The van der Waals surface area contributed by atoms with Crippen molar-refractivity contribution in [1.29, 1.82) is 0 Å². The first-order chi connectivity index (χ1) is 10.6. The Morgan fingerprint density at radius 2 is 1.95 bits per heavy atom. The number of nitrogens with one attached hydrogen (secondary N) is 1. The molecule has 0 fully saturated rings. The highest BCUT2D eigenvalue weighted by atomic mass is 16.6. The molecular weight excluding hydrogens is 284 g/mol. The molecule has 0 radical (unpaired) electrons. The van der Waals surface area contributed by atoms with Gasteiger partial charge >= 0.3 is 6.09 Å². The van der Waals surface area contributed by atoms with Gasteiger partial charge in [0.25, 0.3) is 5.69 Å². The van der Waals surface area contributed by atoms with Gasteiger partial charge in [-0.2, -0.15) is 0 Å². The summed E-state index contributed by atoms with van der Waals surface area (Å²) in [6, 6.07) is 13.9. The Morgan fingerprint density at radius 3 is 2.64 bits per heavy atom. The van der Waals surface area contributed by atoms with Gasteiger partial charge in [-0.1, -0.05) is 36.4 Å². The average molecular weight is 300 g/mol. The molecular formula is C16H16N2O4. The number of rotatable bonds is 5. The Bertz CT molecular complexity index is 671. The van der Waals surface area contributed by atoms with Crippen molar-refractivity contribution in [2.75, 3.05) is 0 Å². The zero-order chi connectivity index (χ0) is 15.9. The van der Waals surface area contributed by atoms with Crippen molar-refractivity contribution in [3.63, 3.8) is 0 Å². The summed E-state index contributed by atoms with van der Waals surface area (Å²) in [7, 11) is 0. The first-order valence-corrected chi connectivity index (χ1v) is 6.75. The summed E-state index contributed by atoms with van der Waals surface area (Å²) < 4.78 is 5.08. The fourth-order valence-electron chi connectivity index (χ4n) is 1.90. The lowest BCUT2D eigenvalue weighted by Crippen LogP contribution is -2.24. The van der Waals surface area contributed by atoms with Crippen LogP contribution in [0.4, 0.5) is 10.5 Å². The summed E-state index contributed by atoms with van der Waals surface area (Å²) in [5, 5.41) is 13.3. The number of nitrogens with zero attached hydrogens (tertiary/aromatic N) is 1. The number of hydrogen-bond donors (Lipinski definition) is 1. The van der Waals surface area contributed by atoms with E-state index in [2.05, 4.69) is 5.32 Å². The number of nitro groups is 1. The fraction of sp³-hybridized carbons (Fsp3) is 0.188. The number of carbonyl (C=O) groups is 1. The Kier molecular flexibility index (Phi) is 5.08. The van der Waals surface area contributed by atoms with Crippen LogP contribution in [0.3, 0.4) is 0 Å². The molecule has 1 N–H and O–H groups in total. The maximum absolute atomic E-state index is 11.7. The molecule has 1 amide bonds. The molecule has 0 aliphatic heterocycles. The molecule has 6 nitrogen and oxygen atoms in total. The van der Waals surface area contributed by atoms with Crippen LogP contribution in [-0.4, -0.2) is 11.0 Å². The molecule has 22 heavy (non-hydrogen) atoms. The molecule has 0 bridgehead atoms. The van der Waals surface area contributed by atoms with Crippen molar-refractivity contribution in [2.24, 2.45) is 0 Å². The molecule has 0 atom stereocenters. The highest BCUT2D eigenvalue weighted by Crippen LogP contribution is 2.17. The molecule has 0 saturated carbocycles. The van der Waals surface area contributed by atoms with Crippen LogP contribution in [0.5, 0.6) is 0 Å². The number of hydrogen-bond acceptors (Lipinski definition) is 4. The number of alkyl carbamates (subject to hydrolysis) is 1. The summed E-state index contributed by atoms with van der Waals surface area (Å²) in [4.78, 5) is 21.9. The Morgan fingerprint density at radius 1 is 1.23 bits per heavy atom. The second-order valence-electron chi connectivity index (χ2n) is 4.78. The second-order valence-corrected chi connectivity index (χ2v) is 4.78. The van der Waals surface area contributed by atoms with Gasteiger partial charge in [-0.15, -0.1) is 0 Å². The monoisotopic (exact) mass is 300 g/mol. The van der Waals surface area contributed by atoms with Gasteiger partial charge in [0.15, 0.2) is 0 Å². The first kappa shape index (κ1) is 15.5. The van der Waals surface area contributed by atoms with Crippen LogP contribution in [0, 0.1) is 17.0 Å². The lowest BCUT2D eigenvalue weighted by molar-refractivity contribution is -0.384. The Hall–Kier alpha value is -2.89. The van der Waals surface area contributed by atoms with Crippen molar-refractivity contribution < 1.29 is 14.5 Å². The van der Waals surface area contributed by atoms with E-state index < -0.39 is 11.0 Å². The highest BCUT2D eigenvalue weighted by molar-refractivity contribution is 5.67. The summed E-state index contributed by atoms with van der Waals surface area (Å²) in [6.07, 6.45) is -0.560. The van der Waals surface area contributed by atoms with Gasteiger partial charge in [-0.25, -0.2) is 4.79 Å². The first-order valence-electron chi connectivity index (χ1n) is 6.75. The number of nitro benzene ring substituents is 1. The molecule has 0 aromatic heterocycles. The van der Waals surface area contributed by atoms with E-state index >= 15 is 0 Å². The molecule has 0 heterocycles. The molecule has 2 aromatic rings. The normalized spacial score (nSPS) is 10.0. The van der Waals surface area contributed by atoms with Crippen molar-refractivity contribution in [3.8, 4) is 0 Å². The molecule has 6 heteroatoms. The van der Waals surface area contributed by atoms with E-state index in [1.807, 2.05) is 37.3 Å². The van der Waals surface area contributed by atoms with E-state index in [1.54, 1.807) is 6.07 Å². The third-order valence-electron chi connectivity index (χ3n) is 3.18. The largest absolute Gasteiger partial charge is 0.445 e. The van der Waals surface area contributed by atoms with Crippen LogP contribution in [-0.2, 0) is 17.9 Å². The molecule has 114 valence electrons. The maximum atomic E-state index is 11.7. The van der Waals surface area contributed by atoms with Crippen molar-refractivity contribution in [3.05, 3.63) is 75.3 Å². The lowest BCUT2D eigenvalue weighted by atomic mass is 10.1. The molecule has 0 saturated heterocycles. The Labute approximate surface area is 127 Å². The zero-order valence-corrected chi connectivity index (χ0v) is 12.1. The van der Waals surface area contributed by atoms with Gasteiger partial charge in [0.05, 0.1) is 4.92 Å². The molecule has 2 rings (SSSR count). The minimum absolute atomic E-state index is 0.0000490. The quantitative estimate of drug-likeness (QED) is 0.678. The summed E-state index contributed by atoms with van der Waals surface area (Å²) in [6.45, 7) is 2.19. The topological polar surface area (TPSA) is 81.5 Å². The fourth-order valence-corrected chi connectivity index (χ4v) is 1.90. The van der Waals surface area contributed by atoms with Crippen LogP contribution < -0.4 is 5.32 Å². The van der Waals surface area contributed by atoms with Crippen LogP contribution in [0.25, 0.3) is 0 Å². The van der Waals surface area contributed by atoms with Crippen molar-refractivity contribution in [1.82, 2.24) is 5.32 Å². The smallest absolute Gasteiger partial charge is 0.407 e. The van der Waals surface area contributed by atoms with Gasteiger partial charge < -0.3 is 10.1 Å². The van der Waals surface area contributed by atoms with Gasteiger partial charge in [-0.3, -0.25) is 10.1 Å². The van der Waals surface area contributed by atoms with E-state index in [-0.39, 0.29) is 18.8 Å². The number of aryl methyl sites for hydroxylation is 1. The lowest BCUT2D eigenvalue weighted by Gasteiger charge is -2.09. The average Bonchev–Trinajstić information content (AvgIpc) is 2.53. The number of carbonyl (C=O) groups excluding carboxylic acids is 1. The summed E-state index contributed by atoms with van der Waals surface area (Å²) in [5.74, 6) is 0. The van der Waals surface area contributed by atoms with Crippen LogP contribution >= 0.6 is 0 Å². The van der Waals surface area contributed by atoms with Crippen LogP contribution in [0.15, 0.2) is 48.5 Å². The standard InChI is InChI=1S/C16H16N2O4/c1-12-7-8-15(18(20)21)9-14(12)10-17-16(19)22-11-13-5-3-2-4-6-13/h2-9H,10-11H2,1H3,(H,17,19). The SMILES string of the molecule is Cc1ccc([N+](=O)[O-])cc1CNC(=O)OCc1ccccc1. The third-order valence-corrected chi connectivity index (χ3v) is 3.18. The maximum Gasteiger partial charge on any atom is 0.407 e. The highest BCUT2D eigenvalue weighted by Gasteiger charge is 2.10. The molecule has 0 aliphatic carbocycles. The van der Waals surface area contributed by atoms with E-state index in [4.69, 9.17) is 4.74 Å². The van der Waals surface area contributed by atoms with Gasteiger partial charge in [0.1, 0.15) is 6.61 Å². The summed E-state index contributed by atoms with van der Waals surface area (Å²) in [5.41, 5.74) is 2.45. The van der Waals surface area contributed by atoms with Gasteiger partial charge in [-0.05, 0) is 23.6 Å². The molecule has 2 aromatic carbocycles. The number of non-ortho nitro benzene ring substituents is 1. The second kappa shape index (κ2) is 7.21. The zero-order valence-electron chi connectivity index (χ0n) is 12.1. The number of benzene rings is 2.